The number of sulfonamides is 1. The van der Waals surface area contributed by atoms with E-state index in [0.717, 1.165) is 0 Å². The van der Waals surface area contributed by atoms with E-state index in [1.807, 2.05) is 0 Å². The van der Waals surface area contributed by atoms with Gasteiger partial charge in [0.25, 0.3) is 0 Å². The van der Waals surface area contributed by atoms with Gasteiger partial charge in [0.2, 0.25) is 10.0 Å². The average molecular weight is 277 g/mol. The van der Waals surface area contributed by atoms with Crippen molar-refractivity contribution in [1.29, 1.82) is 0 Å². The maximum Gasteiger partial charge on any atom is 0.236 e. The van der Waals surface area contributed by atoms with Crippen LogP contribution in [0, 0.1) is 0 Å². The molecule has 0 radical (unpaired) electrons. The lowest BCUT2D eigenvalue weighted by molar-refractivity contribution is 0.599. The van der Waals surface area contributed by atoms with Gasteiger partial charge in [-0.1, -0.05) is 6.07 Å². The Morgan fingerprint density at radius 2 is 2.21 bits per heavy atom. The maximum atomic E-state index is 11.5. The zero-order chi connectivity index (χ0) is 10.2. The fraction of sp³-hybridized carbons (Fsp3) is 0.375. The van der Waals surface area contributed by atoms with Crippen molar-refractivity contribution in [2.24, 2.45) is 0 Å². The molecule has 0 atom stereocenters. The molecule has 0 amide bonds. The largest absolute Gasteiger partial charge is 0.254 e. The number of aromatic nitrogens is 1. The Bertz CT molecular complexity index is 446. The fourth-order valence-corrected chi connectivity index (χ4v) is 3.28. The van der Waals surface area contributed by atoms with Crippen LogP contribution in [0.15, 0.2) is 22.8 Å². The molecule has 76 valence electrons. The number of rotatable bonds is 1. The Morgan fingerprint density at radius 3 is 2.79 bits per heavy atom. The highest BCUT2D eigenvalue weighted by Crippen LogP contribution is 2.22. The normalized spacial score (nSPS) is 19.9. The molecule has 1 saturated heterocycles. The van der Waals surface area contributed by atoms with E-state index in [1.54, 1.807) is 18.2 Å². The molecule has 0 spiro atoms. The van der Waals surface area contributed by atoms with Gasteiger partial charge in [-0.2, -0.15) is 0 Å². The minimum atomic E-state index is -3.11. The molecule has 2 heterocycles. The maximum absolute atomic E-state index is 11.5. The predicted molar refractivity (Wildman–Crippen MR) is 57.7 cm³/mol. The van der Waals surface area contributed by atoms with E-state index in [9.17, 15) is 8.42 Å². The van der Waals surface area contributed by atoms with Crippen LogP contribution in [0.2, 0.25) is 0 Å². The van der Waals surface area contributed by atoms with Gasteiger partial charge in [0.15, 0.2) is 0 Å². The van der Waals surface area contributed by atoms with E-state index in [2.05, 4.69) is 20.9 Å². The van der Waals surface area contributed by atoms with Crippen molar-refractivity contribution in [3.63, 3.8) is 0 Å². The van der Waals surface area contributed by atoms with E-state index in [0.29, 0.717) is 23.4 Å². The molecule has 6 heteroatoms. The highest BCUT2D eigenvalue weighted by molar-refractivity contribution is 9.10. The molecule has 1 aromatic rings. The Morgan fingerprint density at radius 1 is 1.43 bits per heavy atom. The highest BCUT2D eigenvalue weighted by atomic mass is 79.9. The molecule has 0 bridgehead atoms. The molecule has 1 aliphatic rings. The second-order valence-corrected chi connectivity index (χ2v) is 5.89. The summed E-state index contributed by atoms with van der Waals surface area (Å²) in [7, 11) is -3.11. The van der Waals surface area contributed by atoms with Crippen LogP contribution in [-0.4, -0.2) is 25.7 Å². The summed E-state index contributed by atoms with van der Waals surface area (Å²) < 4.78 is 25.1. The zero-order valence-electron chi connectivity index (χ0n) is 7.35. The average Bonchev–Trinajstić information content (AvgIpc) is 2.45. The van der Waals surface area contributed by atoms with Crippen molar-refractivity contribution in [3.05, 3.63) is 22.8 Å². The van der Waals surface area contributed by atoms with Crippen molar-refractivity contribution in [3.8, 4) is 0 Å². The van der Waals surface area contributed by atoms with Crippen LogP contribution in [-0.2, 0) is 10.0 Å². The molecule has 0 aliphatic carbocycles. The minimum absolute atomic E-state index is 0.223. The van der Waals surface area contributed by atoms with Crippen molar-refractivity contribution < 1.29 is 8.42 Å². The summed E-state index contributed by atoms with van der Waals surface area (Å²) >= 11 is 3.21. The van der Waals surface area contributed by atoms with Crippen LogP contribution in [0.25, 0.3) is 0 Å². The van der Waals surface area contributed by atoms with Crippen molar-refractivity contribution in [2.45, 2.75) is 6.42 Å². The molecule has 0 unspecified atom stereocenters. The van der Waals surface area contributed by atoms with E-state index in [1.165, 1.54) is 4.31 Å². The number of hydrogen-bond donors (Lipinski definition) is 0. The standard InChI is InChI=1S/C8H9BrN2O2S/c9-7-3-1-4-8(10-7)11-5-2-6-14(11,12)13/h1,3-4H,2,5-6H2. The van der Waals surface area contributed by atoms with Gasteiger partial charge >= 0.3 is 0 Å². The first-order valence-electron chi connectivity index (χ1n) is 4.22. The summed E-state index contributed by atoms with van der Waals surface area (Å²) in [6.07, 6.45) is 0.677. The lowest BCUT2D eigenvalue weighted by Crippen LogP contribution is -2.25. The van der Waals surface area contributed by atoms with E-state index >= 15 is 0 Å². The topological polar surface area (TPSA) is 50.3 Å². The van der Waals surface area contributed by atoms with Crippen LogP contribution < -0.4 is 4.31 Å². The lowest BCUT2D eigenvalue weighted by atomic mass is 10.4. The summed E-state index contributed by atoms with van der Waals surface area (Å²) in [6, 6.07) is 5.25. The van der Waals surface area contributed by atoms with Gasteiger partial charge in [-0.15, -0.1) is 0 Å². The molecule has 1 fully saturated rings. The van der Waals surface area contributed by atoms with E-state index in [-0.39, 0.29) is 5.75 Å². The van der Waals surface area contributed by atoms with Crippen LogP contribution >= 0.6 is 15.9 Å². The third-order valence-corrected chi connectivity index (χ3v) is 4.34. The second kappa shape index (κ2) is 3.51. The molecule has 0 N–H and O–H groups in total. The third kappa shape index (κ3) is 1.76. The fourth-order valence-electron chi connectivity index (χ4n) is 1.43. The Hall–Kier alpha value is -0.620. The Kier molecular flexibility index (Phi) is 2.48. The summed E-state index contributed by atoms with van der Waals surface area (Å²) in [4.78, 5) is 4.11. The summed E-state index contributed by atoms with van der Waals surface area (Å²) in [5.41, 5.74) is 0. The smallest absolute Gasteiger partial charge is 0.236 e. The zero-order valence-corrected chi connectivity index (χ0v) is 9.75. The number of hydrogen-bond acceptors (Lipinski definition) is 3. The number of anilines is 1. The first-order chi connectivity index (χ1) is 6.59. The Balaban J connectivity index is 2.41. The first kappa shape index (κ1) is 9.92. The number of pyridine rings is 1. The third-order valence-electron chi connectivity index (χ3n) is 2.06. The van der Waals surface area contributed by atoms with E-state index < -0.39 is 10.0 Å². The van der Waals surface area contributed by atoms with Crippen molar-refractivity contribution in [2.75, 3.05) is 16.6 Å². The molecule has 14 heavy (non-hydrogen) atoms. The molecule has 1 aliphatic heterocycles. The van der Waals surface area contributed by atoms with E-state index in [4.69, 9.17) is 0 Å². The van der Waals surface area contributed by atoms with Gasteiger partial charge < -0.3 is 0 Å². The van der Waals surface area contributed by atoms with Gasteiger partial charge in [0.1, 0.15) is 10.4 Å². The second-order valence-electron chi connectivity index (χ2n) is 3.06. The molecule has 0 saturated carbocycles. The summed E-state index contributed by atoms with van der Waals surface area (Å²) in [5, 5.41) is 0. The lowest BCUT2D eigenvalue weighted by Gasteiger charge is -2.15. The van der Waals surface area contributed by atoms with Gasteiger partial charge in [-0.3, -0.25) is 4.31 Å². The number of halogens is 1. The molecule has 4 nitrogen and oxygen atoms in total. The van der Waals surface area contributed by atoms with Crippen molar-refractivity contribution >= 4 is 31.8 Å². The van der Waals surface area contributed by atoms with Crippen LogP contribution in [0.1, 0.15) is 6.42 Å². The van der Waals surface area contributed by atoms with Crippen LogP contribution in [0.5, 0.6) is 0 Å². The van der Waals surface area contributed by atoms with Crippen LogP contribution in [0.4, 0.5) is 5.82 Å². The molecular weight excluding hydrogens is 268 g/mol. The summed E-state index contributed by atoms with van der Waals surface area (Å²) in [5.74, 6) is 0.721. The predicted octanol–water partition coefficient (Wildman–Crippen LogP) is 1.38. The molecular formula is C8H9BrN2O2S. The SMILES string of the molecule is O=S1(=O)CCCN1c1cccc(Br)n1. The number of nitrogens with zero attached hydrogens (tertiary/aromatic N) is 2. The summed E-state index contributed by atoms with van der Waals surface area (Å²) in [6.45, 7) is 0.534. The Labute approximate surface area is 91.1 Å². The van der Waals surface area contributed by atoms with Crippen molar-refractivity contribution in [1.82, 2.24) is 4.98 Å². The monoisotopic (exact) mass is 276 g/mol. The highest BCUT2D eigenvalue weighted by Gasteiger charge is 2.29. The van der Waals surface area contributed by atoms with Gasteiger partial charge in [0, 0.05) is 6.54 Å². The molecule has 2 rings (SSSR count). The van der Waals surface area contributed by atoms with Gasteiger partial charge in [-0.05, 0) is 34.5 Å². The van der Waals surface area contributed by atoms with Gasteiger partial charge in [-0.25, -0.2) is 13.4 Å². The molecule has 0 aromatic carbocycles. The minimum Gasteiger partial charge on any atom is -0.254 e. The first-order valence-corrected chi connectivity index (χ1v) is 6.63. The quantitative estimate of drug-likeness (QED) is 0.729. The van der Waals surface area contributed by atoms with Gasteiger partial charge in [0.05, 0.1) is 5.75 Å². The van der Waals surface area contributed by atoms with Crippen LogP contribution in [0.3, 0.4) is 0 Å². The molecule has 1 aromatic heterocycles.